The summed E-state index contributed by atoms with van der Waals surface area (Å²) in [6.45, 7) is 0. The number of pyridine rings is 1. The van der Waals surface area contributed by atoms with Gasteiger partial charge in [0.25, 0.3) is 0 Å². The van der Waals surface area contributed by atoms with E-state index in [0.717, 1.165) is 46.3 Å². The lowest BCUT2D eigenvalue weighted by Crippen LogP contribution is -2.08. The number of fused-ring (bicyclic) bond motifs is 5. The molecule has 0 spiro atoms. The van der Waals surface area contributed by atoms with E-state index in [1.807, 2.05) is 24.4 Å². The van der Waals surface area contributed by atoms with E-state index in [4.69, 9.17) is 9.72 Å². The first-order valence-corrected chi connectivity index (χ1v) is 8.91. The fraction of sp³-hybridized carbons (Fsp3) is 0.238. The number of hydrogen-bond acceptors (Lipinski definition) is 4. The van der Waals surface area contributed by atoms with Gasteiger partial charge in [0, 0.05) is 22.4 Å². The Morgan fingerprint density at radius 1 is 1.08 bits per heavy atom. The number of methoxy groups -OCH3 is 1. The second-order valence-corrected chi connectivity index (χ2v) is 6.80. The van der Waals surface area contributed by atoms with Gasteiger partial charge in [-0.25, -0.2) is 4.98 Å². The maximum atomic E-state index is 9.63. The monoisotopic (exact) mass is 345 g/mol. The molecule has 2 heterocycles. The molecule has 130 valence electrons. The molecule has 5 heteroatoms. The molecule has 0 fully saturated rings. The first kappa shape index (κ1) is 15.2. The van der Waals surface area contributed by atoms with E-state index in [1.54, 1.807) is 19.2 Å². The highest BCUT2D eigenvalue weighted by atomic mass is 16.5. The Kier molecular flexibility index (Phi) is 3.35. The second-order valence-electron chi connectivity index (χ2n) is 6.80. The van der Waals surface area contributed by atoms with E-state index in [0.29, 0.717) is 0 Å². The Labute approximate surface area is 150 Å². The number of rotatable bonds is 2. The van der Waals surface area contributed by atoms with Crippen LogP contribution in [0.5, 0.6) is 11.5 Å². The number of phenols is 1. The van der Waals surface area contributed by atoms with Gasteiger partial charge < -0.3 is 9.84 Å². The topological polar surface area (TPSA) is 71.0 Å². The highest BCUT2D eigenvalue weighted by Crippen LogP contribution is 2.40. The number of aromatic hydroxyl groups is 1. The molecular weight excluding hydrogens is 326 g/mol. The maximum Gasteiger partial charge on any atom is 0.146 e. The zero-order valence-electron chi connectivity index (χ0n) is 14.5. The molecule has 0 amide bonds. The second kappa shape index (κ2) is 5.73. The predicted octanol–water partition coefficient (Wildman–Crippen LogP) is 4.37. The molecule has 0 radical (unpaired) electrons. The number of aromatic amines is 1. The van der Waals surface area contributed by atoms with Crippen LogP contribution in [0.2, 0.25) is 0 Å². The Morgan fingerprint density at radius 2 is 1.85 bits per heavy atom. The number of aromatic nitrogens is 3. The van der Waals surface area contributed by atoms with Gasteiger partial charge in [-0.05, 0) is 61.1 Å². The van der Waals surface area contributed by atoms with E-state index in [2.05, 4.69) is 10.2 Å². The third-order valence-electron chi connectivity index (χ3n) is 5.33. The first-order valence-electron chi connectivity index (χ1n) is 8.91. The molecule has 2 aromatic heterocycles. The van der Waals surface area contributed by atoms with Gasteiger partial charge in [0.2, 0.25) is 0 Å². The van der Waals surface area contributed by atoms with Crippen LogP contribution >= 0.6 is 0 Å². The van der Waals surface area contributed by atoms with Crippen LogP contribution in [-0.4, -0.2) is 27.4 Å². The van der Waals surface area contributed by atoms with Crippen LogP contribution in [0.4, 0.5) is 0 Å². The number of nitrogens with zero attached hydrogens (tertiary/aromatic N) is 2. The summed E-state index contributed by atoms with van der Waals surface area (Å²) in [5, 5.41) is 19.2. The lowest BCUT2D eigenvalue weighted by Gasteiger charge is -2.22. The molecule has 5 nitrogen and oxygen atoms in total. The predicted molar refractivity (Wildman–Crippen MR) is 102 cm³/mol. The van der Waals surface area contributed by atoms with Gasteiger partial charge in [-0.15, -0.1) is 0 Å². The number of benzene rings is 2. The molecule has 5 rings (SSSR count). The Balaban J connectivity index is 1.90. The number of aryl methyl sites for hydroxylation is 1. The molecule has 0 bridgehead atoms. The van der Waals surface area contributed by atoms with Gasteiger partial charge in [-0.3, -0.25) is 5.10 Å². The van der Waals surface area contributed by atoms with Crippen molar-refractivity contribution in [1.82, 2.24) is 15.2 Å². The molecule has 0 aliphatic heterocycles. The van der Waals surface area contributed by atoms with E-state index in [9.17, 15) is 5.11 Å². The highest BCUT2D eigenvalue weighted by molar-refractivity contribution is 6.10. The molecule has 0 atom stereocenters. The van der Waals surface area contributed by atoms with Crippen LogP contribution in [0.3, 0.4) is 0 Å². The third kappa shape index (κ3) is 2.17. The summed E-state index contributed by atoms with van der Waals surface area (Å²) in [6.07, 6.45) is 6.31. The van der Waals surface area contributed by atoms with Crippen molar-refractivity contribution >= 4 is 21.8 Å². The minimum atomic E-state index is 0.269. The molecule has 4 aromatic rings. The van der Waals surface area contributed by atoms with Crippen LogP contribution in [0.1, 0.15) is 24.0 Å². The molecule has 1 aliphatic rings. The highest BCUT2D eigenvalue weighted by Gasteiger charge is 2.22. The van der Waals surface area contributed by atoms with E-state index < -0.39 is 0 Å². The SMILES string of the molecule is COc1cc2nc(-c3ccc(O)cc3)c3c(c2c2cn[nH]c12)CCCC3. The van der Waals surface area contributed by atoms with Crippen molar-refractivity contribution in [3.8, 4) is 22.8 Å². The fourth-order valence-electron chi connectivity index (χ4n) is 4.12. The van der Waals surface area contributed by atoms with Crippen molar-refractivity contribution in [3.63, 3.8) is 0 Å². The summed E-state index contributed by atoms with van der Waals surface area (Å²) in [5.41, 5.74) is 6.60. The molecule has 26 heavy (non-hydrogen) atoms. The van der Waals surface area contributed by atoms with Gasteiger partial charge in [-0.1, -0.05) is 0 Å². The van der Waals surface area contributed by atoms with Crippen LogP contribution in [-0.2, 0) is 12.8 Å². The minimum Gasteiger partial charge on any atom is -0.508 e. The summed E-state index contributed by atoms with van der Waals surface area (Å²) in [5.74, 6) is 1.02. The number of phenolic OH excluding ortho intramolecular Hbond substituents is 1. The Hall–Kier alpha value is -3.08. The smallest absolute Gasteiger partial charge is 0.146 e. The zero-order valence-corrected chi connectivity index (χ0v) is 14.5. The van der Waals surface area contributed by atoms with Gasteiger partial charge in [0.15, 0.2) is 0 Å². The first-order chi connectivity index (χ1) is 12.8. The lowest BCUT2D eigenvalue weighted by molar-refractivity contribution is 0.419. The zero-order chi connectivity index (χ0) is 17.7. The van der Waals surface area contributed by atoms with Gasteiger partial charge in [0.05, 0.1) is 24.5 Å². The van der Waals surface area contributed by atoms with Gasteiger partial charge in [-0.2, -0.15) is 5.10 Å². The molecular formula is C21H19N3O2. The van der Waals surface area contributed by atoms with Crippen LogP contribution in [0.25, 0.3) is 33.1 Å². The van der Waals surface area contributed by atoms with Gasteiger partial charge >= 0.3 is 0 Å². The quantitative estimate of drug-likeness (QED) is 0.566. The number of ether oxygens (including phenoxy) is 1. The molecule has 1 aliphatic carbocycles. The van der Waals surface area contributed by atoms with Crippen molar-refractivity contribution in [2.45, 2.75) is 25.7 Å². The van der Waals surface area contributed by atoms with E-state index in [-0.39, 0.29) is 5.75 Å². The molecule has 2 aromatic carbocycles. The summed E-state index contributed by atoms with van der Waals surface area (Å²) in [4.78, 5) is 5.02. The summed E-state index contributed by atoms with van der Waals surface area (Å²) < 4.78 is 5.55. The minimum absolute atomic E-state index is 0.269. The average molecular weight is 345 g/mol. The summed E-state index contributed by atoms with van der Waals surface area (Å²) >= 11 is 0. The van der Waals surface area contributed by atoms with Crippen molar-refractivity contribution in [2.24, 2.45) is 0 Å². The van der Waals surface area contributed by atoms with Crippen molar-refractivity contribution < 1.29 is 9.84 Å². The van der Waals surface area contributed by atoms with Crippen LogP contribution in [0, 0.1) is 0 Å². The number of hydrogen-bond donors (Lipinski definition) is 2. The molecule has 0 unspecified atom stereocenters. The summed E-state index contributed by atoms with van der Waals surface area (Å²) in [6, 6.07) is 9.30. The Bertz CT molecular complexity index is 1130. The standard InChI is InChI=1S/C21H19N3O2/c1-26-18-10-17-19(16-11-22-24-21(16)18)14-4-2-3-5-15(14)20(23-17)12-6-8-13(25)9-7-12/h6-11,25H,2-5H2,1H3,(H,22,24). The van der Waals surface area contributed by atoms with Crippen molar-refractivity contribution in [2.75, 3.05) is 7.11 Å². The maximum absolute atomic E-state index is 9.63. The average Bonchev–Trinajstić information content (AvgIpc) is 3.17. The molecule has 0 saturated heterocycles. The van der Waals surface area contributed by atoms with E-state index >= 15 is 0 Å². The summed E-state index contributed by atoms with van der Waals surface area (Å²) in [7, 11) is 1.67. The Morgan fingerprint density at radius 3 is 2.62 bits per heavy atom. The van der Waals surface area contributed by atoms with Crippen molar-refractivity contribution in [3.05, 3.63) is 47.7 Å². The normalized spacial score (nSPS) is 13.9. The van der Waals surface area contributed by atoms with E-state index in [1.165, 1.54) is 29.4 Å². The molecule has 2 N–H and O–H groups in total. The third-order valence-corrected chi connectivity index (χ3v) is 5.33. The number of nitrogens with one attached hydrogen (secondary N) is 1. The van der Waals surface area contributed by atoms with Crippen molar-refractivity contribution in [1.29, 1.82) is 0 Å². The largest absolute Gasteiger partial charge is 0.508 e. The van der Waals surface area contributed by atoms with Gasteiger partial charge in [0.1, 0.15) is 17.0 Å². The van der Waals surface area contributed by atoms with Crippen LogP contribution in [0.15, 0.2) is 36.5 Å². The molecule has 0 saturated carbocycles. The number of H-pyrrole nitrogens is 1. The lowest BCUT2D eigenvalue weighted by atomic mass is 9.85. The fourth-order valence-corrected chi connectivity index (χ4v) is 4.12. The van der Waals surface area contributed by atoms with Crippen LogP contribution < -0.4 is 4.74 Å².